The molecule has 5 heteroatoms. The SMILES string of the molecule is CCCCCCCC/C=C\CCCCCCCCN.CCCCCCCCCCCCC(C)P(=O)(O)O. The predicted molar refractivity (Wildman–Crippen MR) is 166 cm³/mol. The van der Waals surface area contributed by atoms with Gasteiger partial charge in [-0.15, -0.1) is 0 Å². The van der Waals surface area contributed by atoms with Crippen molar-refractivity contribution in [3.05, 3.63) is 12.2 Å². The molecule has 0 rings (SSSR count). The Balaban J connectivity index is 0. The highest BCUT2D eigenvalue weighted by Gasteiger charge is 2.22. The molecule has 0 amide bonds. The van der Waals surface area contributed by atoms with Crippen LogP contribution in [0.2, 0.25) is 0 Å². The second-order valence-corrected chi connectivity index (χ2v) is 13.2. The first-order valence-electron chi connectivity index (χ1n) is 16.3. The highest BCUT2D eigenvalue weighted by molar-refractivity contribution is 7.52. The second-order valence-electron chi connectivity index (χ2n) is 11.1. The van der Waals surface area contributed by atoms with E-state index < -0.39 is 13.3 Å². The van der Waals surface area contributed by atoms with Crippen LogP contribution in [-0.2, 0) is 4.57 Å². The maximum Gasteiger partial charge on any atom is 0.328 e. The zero-order chi connectivity index (χ0) is 27.9. The molecule has 0 aromatic carbocycles. The quantitative estimate of drug-likeness (QED) is 0.0544. The smallest absolute Gasteiger partial charge is 0.328 e. The van der Waals surface area contributed by atoms with Crippen LogP contribution in [0.3, 0.4) is 0 Å². The van der Waals surface area contributed by atoms with Crippen molar-refractivity contribution in [3.8, 4) is 0 Å². The lowest BCUT2D eigenvalue weighted by Gasteiger charge is -2.12. The van der Waals surface area contributed by atoms with Crippen LogP contribution in [0.15, 0.2) is 12.2 Å². The summed E-state index contributed by atoms with van der Waals surface area (Å²) in [5.41, 5.74) is 5.01. The van der Waals surface area contributed by atoms with Gasteiger partial charge >= 0.3 is 7.60 Å². The van der Waals surface area contributed by atoms with Gasteiger partial charge in [-0.3, -0.25) is 4.57 Å². The van der Waals surface area contributed by atoms with Crippen LogP contribution < -0.4 is 5.73 Å². The average Bonchev–Trinajstić information content (AvgIpc) is 2.87. The summed E-state index contributed by atoms with van der Waals surface area (Å²) in [6.07, 6.45) is 37.1. The molecule has 37 heavy (non-hydrogen) atoms. The normalized spacial score (nSPS) is 12.6. The van der Waals surface area contributed by atoms with Crippen molar-refractivity contribution >= 4 is 7.60 Å². The van der Waals surface area contributed by atoms with Gasteiger partial charge < -0.3 is 15.5 Å². The van der Waals surface area contributed by atoms with Gasteiger partial charge in [-0.25, -0.2) is 0 Å². The minimum absolute atomic E-state index is 0.466. The summed E-state index contributed by atoms with van der Waals surface area (Å²) in [4.78, 5) is 17.9. The fraction of sp³-hybridized carbons (Fsp3) is 0.938. The number of hydrogen-bond donors (Lipinski definition) is 3. The van der Waals surface area contributed by atoms with Gasteiger partial charge in [0.15, 0.2) is 0 Å². The summed E-state index contributed by atoms with van der Waals surface area (Å²) in [5.74, 6) is 0. The first-order chi connectivity index (χ1) is 17.9. The van der Waals surface area contributed by atoms with Crippen molar-refractivity contribution in [2.75, 3.05) is 6.54 Å². The standard InChI is InChI=1S/C18H37N.C14H31O3P/c1-2-3-4-5-6-7-8-9-10-11-12-13-14-15-16-17-18-19;1-3-4-5-6-7-8-9-10-11-12-13-14(2)18(15,16)17/h9-10H,2-8,11-19H2,1H3;14H,3-13H2,1-2H3,(H2,15,16,17)/b10-9-;. The predicted octanol–water partition coefficient (Wildman–Crippen LogP) is 10.8. The van der Waals surface area contributed by atoms with Crippen molar-refractivity contribution in [3.63, 3.8) is 0 Å². The zero-order valence-electron chi connectivity index (χ0n) is 25.4. The van der Waals surface area contributed by atoms with E-state index in [1.807, 2.05) is 0 Å². The topological polar surface area (TPSA) is 83.6 Å². The van der Waals surface area contributed by atoms with E-state index in [2.05, 4.69) is 26.0 Å². The van der Waals surface area contributed by atoms with Gasteiger partial charge in [0.1, 0.15) is 0 Å². The Hall–Kier alpha value is -0.150. The fourth-order valence-electron chi connectivity index (χ4n) is 4.49. The van der Waals surface area contributed by atoms with Crippen molar-refractivity contribution in [1.29, 1.82) is 0 Å². The van der Waals surface area contributed by atoms with E-state index in [0.29, 0.717) is 6.42 Å². The Morgan fingerprint density at radius 1 is 0.568 bits per heavy atom. The summed E-state index contributed by atoms with van der Waals surface area (Å²) in [5, 5.41) is 0. The second kappa shape index (κ2) is 32.1. The molecular formula is C32H68NO3P. The molecule has 1 unspecified atom stereocenters. The molecule has 1 atom stereocenters. The van der Waals surface area contributed by atoms with Gasteiger partial charge in [0.2, 0.25) is 0 Å². The molecule has 0 radical (unpaired) electrons. The third-order valence-corrected chi connectivity index (χ3v) is 8.67. The average molecular weight is 546 g/mol. The molecule has 0 saturated carbocycles. The molecule has 0 aromatic rings. The van der Waals surface area contributed by atoms with Crippen LogP contribution in [0.4, 0.5) is 0 Å². The lowest BCUT2D eigenvalue weighted by molar-refractivity contribution is 0.355. The van der Waals surface area contributed by atoms with E-state index in [0.717, 1.165) is 19.4 Å². The van der Waals surface area contributed by atoms with Crippen LogP contribution in [-0.4, -0.2) is 22.0 Å². The van der Waals surface area contributed by atoms with Gasteiger partial charge in [0, 0.05) is 0 Å². The molecule has 0 fully saturated rings. The van der Waals surface area contributed by atoms with Gasteiger partial charge in [0.05, 0.1) is 5.66 Å². The summed E-state index contributed by atoms with van der Waals surface area (Å²) in [7, 11) is -3.83. The zero-order valence-corrected chi connectivity index (χ0v) is 26.3. The van der Waals surface area contributed by atoms with E-state index in [4.69, 9.17) is 15.5 Å². The summed E-state index contributed by atoms with van der Waals surface area (Å²) >= 11 is 0. The largest absolute Gasteiger partial charge is 0.330 e. The monoisotopic (exact) mass is 545 g/mol. The van der Waals surface area contributed by atoms with E-state index in [1.54, 1.807) is 6.92 Å². The highest BCUT2D eigenvalue weighted by atomic mass is 31.2. The summed E-state index contributed by atoms with van der Waals surface area (Å²) in [6, 6.07) is 0. The summed E-state index contributed by atoms with van der Waals surface area (Å²) in [6.45, 7) is 7.02. The number of hydrogen-bond acceptors (Lipinski definition) is 2. The van der Waals surface area contributed by atoms with Crippen LogP contribution in [0, 0.1) is 0 Å². The fourth-order valence-corrected chi connectivity index (χ4v) is 5.01. The lowest BCUT2D eigenvalue weighted by Crippen LogP contribution is -2.02. The number of rotatable bonds is 27. The molecule has 0 bridgehead atoms. The van der Waals surface area contributed by atoms with Crippen molar-refractivity contribution < 1.29 is 14.4 Å². The third-order valence-electron chi connectivity index (χ3n) is 7.27. The molecule has 0 aromatic heterocycles. The maximum absolute atomic E-state index is 10.9. The van der Waals surface area contributed by atoms with Crippen molar-refractivity contribution in [2.24, 2.45) is 5.73 Å². The maximum atomic E-state index is 10.9. The minimum atomic E-state index is -3.83. The molecule has 0 aliphatic rings. The molecule has 0 spiro atoms. The van der Waals surface area contributed by atoms with Gasteiger partial charge in [-0.2, -0.15) is 0 Å². The Morgan fingerprint density at radius 3 is 1.24 bits per heavy atom. The number of allylic oxidation sites excluding steroid dienone is 2. The Labute approximate surface area is 233 Å². The van der Waals surface area contributed by atoms with Gasteiger partial charge in [0.25, 0.3) is 0 Å². The first kappa shape index (κ1) is 39.0. The molecular weight excluding hydrogens is 477 g/mol. The number of nitrogens with two attached hydrogens (primary N) is 1. The van der Waals surface area contributed by atoms with Crippen LogP contribution in [0.25, 0.3) is 0 Å². The highest BCUT2D eigenvalue weighted by Crippen LogP contribution is 2.43. The first-order valence-corrected chi connectivity index (χ1v) is 18.0. The van der Waals surface area contributed by atoms with E-state index in [1.165, 1.54) is 141 Å². The molecule has 0 aliphatic carbocycles. The molecule has 0 heterocycles. The van der Waals surface area contributed by atoms with Crippen molar-refractivity contribution in [2.45, 2.75) is 187 Å². The third kappa shape index (κ3) is 35.9. The molecule has 4 N–H and O–H groups in total. The van der Waals surface area contributed by atoms with Gasteiger partial charge in [-0.1, -0.05) is 155 Å². The molecule has 4 nitrogen and oxygen atoms in total. The van der Waals surface area contributed by atoms with Crippen LogP contribution >= 0.6 is 7.60 Å². The van der Waals surface area contributed by atoms with Crippen LogP contribution in [0.5, 0.6) is 0 Å². The molecule has 224 valence electrons. The van der Waals surface area contributed by atoms with Crippen molar-refractivity contribution in [1.82, 2.24) is 0 Å². The lowest BCUT2D eigenvalue weighted by atomic mass is 10.1. The Morgan fingerprint density at radius 2 is 0.892 bits per heavy atom. The Bertz CT molecular complexity index is 492. The summed E-state index contributed by atoms with van der Waals surface area (Å²) < 4.78 is 10.9. The molecule has 0 aliphatic heterocycles. The van der Waals surface area contributed by atoms with E-state index in [9.17, 15) is 4.57 Å². The number of unbranched alkanes of at least 4 members (excludes halogenated alkanes) is 21. The van der Waals surface area contributed by atoms with Crippen LogP contribution in [0.1, 0.15) is 181 Å². The molecule has 0 saturated heterocycles. The van der Waals surface area contributed by atoms with E-state index >= 15 is 0 Å². The Kier molecular flexibility index (Phi) is 33.8. The van der Waals surface area contributed by atoms with E-state index in [-0.39, 0.29) is 0 Å². The minimum Gasteiger partial charge on any atom is -0.330 e. The van der Waals surface area contributed by atoms with Gasteiger partial charge in [-0.05, 0) is 45.1 Å².